The fourth-order valence-corrected chi connectivity index (χ4v) is 1.60. The number of carbonyl (C=O) groups is 2. The molecule has 1 aromatic heterocycles. The van der Waals surface area contributed by atoms with Gasteiger partial charge in [0.05, 0.1) is 12.7 Å². The minimum Gasteiger partial charge on any atom is -0.492 e. The van der Waals surface area contributed by atoms with Crippen LogP contribution in [-0.2, 0) is 11.3 Å². The van der Waals surface area contributed by atoms with E-state index in [1.165, 1.54) is 17.8 Å². The molecule has 1 aromatic carbocycles. The molecule has 1 heterocycles. The first-order chi connectivity index (χ1) is 10.0. The minimum absolute atomic E-state index is 0.102. The number of aromatic carboxylic acids is 1. The van der Waals surface area contributed by atoms with Crippen LogP contribution in [-0.4, -0.2) is 38.6 Å². The highest BCUT2D eigenvalue weighted by molar-refractivity contribution is 5.88. The summed E-state index contributed by atoms with van der Waals surface area (Å²) in [6.45, 7) is 2.14. The Balaban J connectivity index is 1.82. The molecule has 0 aliphatic heterocycles. The highest BCUT2D eigenvalue weighted by Gasteiger charge is 2.07. The molecule has 2 N–H and O–H groups in total. The number of carboxylic acid groups (broad SMARTS) is 1. The molecule has 8 nitrogen and oxygen atoms in total. The molecule has 0 radical (unpaired) electrons. The van der Waals surface area contributed by atoms with Crippen LogP contribution in [0.4, 0.5) is 5.69 Å². The molecule has 0 unspecified atom stereocenters. The number of carboxylic acids is 1. The summed E-state index contributed by atoms with van der Waals surface area (Å²) in [5.74, 6) is -0.609. The second-order valence-corrected chi connectivity index (χ2v) is 4.23. The summed E-state index contributed by atoms with van der Waals surface area (Å²) in [5.41, 5.74) is 0.590. The summed E-state index contributed by atoms with van der Waals surface area (Å²) in [6, 6.07) is 6.92. The minimum atomic E-state index is -1.12. The zero-order valence-corrected chi connectivity index (χ0v) is 11.3. The van der Waals surface area contributed by atoms with E-state index >= 15 is 0 Å². The Kier molecular flexibility index (Phi) is 4.50. The number of amides is 1. The van der Waals surface area contributed by atoms with Gasteiger partial charge in [0.2, 0.25) is 5.91 Å². The van der Waals surface area contributed by atoms with Crippen molar-refractivity contribution in [2.24, 2.45) is 0 Å². The lowest BCUT2D eigenvalue weighted by molar-refractivity contribution is -0.114. The van der Waals surface area contributed by atoms with Gasteiger partial charge in [-0.15, -0.1) is 5.10 Å². The van der Waals surface area contributed by atoms with Gasteiger partial charge in [0, 0.05) is 12.6 Å². The van der Waals surface area contributed by atoms with Crippen molar-refractivity contribution >= 4 is 17.6 Å². The van der Waals surface area contributed by atoms with E-state index in [0.29, 0.717) is 24.6 Å². The van der Waals surface area contributed by atoms with Crippen LogP contribution in [0, 0.1) is 0 Å². The van der Waals surface area contributed by atoms with E-state index in [1.807, 2.05) is 0 Å². The number of anilines is 1. The third-order valence-corrected chi connectivity index (χ3v) is 2.52. The molecule has 0 aliphatic rings. The van der Waals surface area contributed by atoms with Gasteiger partial charge >= 0.3 is 5.97 Å². The number of hydrogen-bond donors (Lipinski definition) is 2. The van der Waals surface area contributed by atoms with Crippen LogP contribution < -0.4 is 10.1 Å². The van der Waals surface area contributed by atoms with Crippen LogP contribution in [0.5, 0.6) is 5.75 Å². The van der Waals surface area contributed by atoms with Gasteiger partial charge in [0.25, 0.3) is 0 Å². The lowest BCUT2D eigenvalue weighted by Crippen LogP contribution is -2.09. The topological polar surface area (TPSA) is 106 Å². The fourth-order valence-electron chi connectivity index (χ4n) is 1.60. The molecule has 1 amide bonds. The molecule has 0 saturated carbocycles. The summed E-state index contributed by atoms with van der Waals surface area (Å²) < 4.78 is 6.89. The molecular weight excluding hydrogens is 276 g/mol. The summed E-state index contributed by atoms with van der Waals surface area (Å²) in [7, 11) is 0. The second kappa shape index (κ2) is 6.51. The van der Waals surface area contributed by atoms with Crippen molar-refractivity contribution in [2.45, 2.75) is 13.5 Å². The van der Waals surface area contributed by atoms with E-state index in [1.54, 1.807) is 24.3 Å². The molecule has 110 valence electrons. The first-order valence-corrected chi connectivity index (χ1v) is 6.18. The lowest BCUT2D eigenvalue weighted by atomic mass is 10.3. The van der Waals surface area contributed by atoms with Gasteiger partial charge in [-0.05, 0) is 24.3 Å². The second-order valence-electron chi connectivity index (χ2n) is 4.23. The third-order valence-electron chi connectivity index (χ3n) is 2.52. The van der Waals surface area contributed by atoms with Crippen LogP contribution in [0.25, 0.3) is 0 Å². The van der Waals surface area contributed by atoms with Gasteiger partial charge in [0.1, 0.15) is 12.4 Å². The summed E-state index contributed by atoms with van der Waals surface area (Å²) in [4.78, 5) is 21.5. The molecule has 0 atom stereocenters. The molecular formula is C13H14N4O4. The number of ether oxygens (including phenoxy) is 1. The van der Waals surface area contributed by atoms with E-state index < -0.39 is 5.97 Å². The van der Waals surface area contributed by atoms with Crippen LogP contribution in [0.2, 0.25) is 0 Å². The van der Waals surface area contributed by atoms with Crippen molar-refractivity contribution in [3.05, 3.63) is 36.2 Å². The number of carbonyl (C=O) groups excluding carboxylic acids is 1. The maximum absolute atomic E-state index is 10.9. The molecule has 21 heavy (non-hydrogen) atoms. The van der Waals surface area contributed by atoms with Crippen LogP contribution in [0.1, 0.15) is 17.4 Å². The van der Waals surface area contributed by atoms with Crippen molar-refractivity contribution in [1.82, 2.24) is 15.0 Å². The number of aromatic nitrogens is 3. The molecule has 0 fully saturated rings. The zero-order chi connectivity index (χ0) is 15.2. The summed E-state index contributed by atoms with van der Waals surface area (Å²) >= 11 is 0. The van der Waals surface area contributed by atoms with Crippen molar-refractivity contribution in [1.29, 1.82) is 0 Å². The average molecular weight is 290 g/mol. The van der Waals surface area contributed by atoms with Crippen LogP contribution in [0.15, 0.2) is 30.5 Å². The third kappa shape index (κ3) is 4.30. The zero-order valence-electron chi connectivity index (χ0n) is 11.3. The van der Waals surface area contributed by atoms with Gasteiger partial charge in [-0.2, -0.15) is 0 Å². The number of benzene rings is 1. The highest BCUT2D eigenvalue weighted by Crippen LogP contribution is 2.15. The predicted octanol–water partition coefficient (Wildman–Crippen LogP) is 1.01. The van der Waals surface area contributed by atoms with Crippen molar-refractivity contribution < 1.29 is 19.4 Å². The molecule has 0 spiro atoms. The Labute approximate surface area is 120 Å². The van der Waals surface area contributed by atoms with E-state index in [0.717, 1.165) is 0 Å². The summed E-state index contributed by atoms with van der Waals surface area (Å²) in [6.07, 6.45) is 1.34. The van der Waals surface area contributed by atoms with Gasteiger partial charge < -0.3 is 15.2 Å². The molecule has 0 bridgehead atoms. The standard InChI is InChI=1S/C13H14N4O4/c1-9(18)14-10-2-4-11(5-3-10)21-7-6-17-8-12(13(19)20)15-16-17/h2-5,8H,6-7H2,1H3,(H,14,18)(H,19,20). The maximum atomic E-state index is 10.9. The summed E-state index contributed by atoms with van der Waals surface area (Å²) in [5, 5.41) is 18.5. The number of rotatable bonds is 6. The van der Waals surface area contributed by atoms with E-state index in [4.69, 9.17) is 9.84 Å². The normalized spacial score (nSPS) is 10.1. The van der Waals surface area contributed by atoms with Gasteiger partial charge in [-0.1, -0.05) is 5.21 Å². The van der Waals surface area contributed by atoms with Gasteiger partial charge in [0.15, 0.2) is 5.69 Å². The maximum Gasteiger partial charge on any atom is 0.358 e. The Morgan fingerprint density at radius 1 is 1.33 bits per heavy atom. The monoisotopic (exact) mass is 290 g/mol. The Bertz CT molecular complexity index is 636. The molecule has 2 aromatic rings. The van der Waals surface area contributed by atoms with Gasteiger partial charge in [-0.25, -0.2) is 9.48 Å². The molecule has 8 heteroatoms. The number of nitrogens with zero attached hydrogens (tertiary/aromatic N) is 3. The molecule has 0 saturated heterocycles. The Morgan fingerprint density at radius 2 is 2.05 bits per heavy atom. The van der Waals surface area contributed by atoms with E-state index in [2.05, 4.69) is 15.6 Å². The average Bonchev–Trinajstić information content (AvgIpc) is 2.89. The van der Waals surface area contributed by atoms with Gasteiger partial charge in [-0.3, -0.25) is 4.79 Å². The van der Waals surface area contributed by atoms with E-state index in [9.17, 15) is 9.59 Å². The highest BCUT2D eigenvalue weighted by atomic mass is 16.5. The quantitative estimate of drug-likeness (QED) is 0.822. The first kappa shape index (κ1) is 14.5. The van der Waals surface area contributed by atoms with E-state index in [-0.39, 0.29) is 11.6 Å². The van der Waals surface area contributed by atoms with Crippen molar-refractivity contribution in [3.63, 3.8) is 0 Å². The van der Waals surface area contributed by atoms with Crippen LogP contribution in [0.3, 0.4) is 0 Å². The predicted molar refractivity (Wildman–Crippen MR) is 73.2 cm³/mol. The number of hydrogen-bond acceptors (Lipinski definition) is 5. The van der Waals surface area contributed by atoms with Crippen molar-refractivity contribution in [2.75, 3.05) is 11.9 Å². The Hall–Kier alpha value is -2.90. The first-order valence-electron chi connectivity index (χ1n) is 6.18. The molecule has 0 aliphatic carbocycles. The Morgan fingerprint density at radius 3 is 2.62 bits per heavy atom. The largest absolute Gasteiger partial charge is 0.492 e. The molecule has 2 rings (SSSR count). The number of nitrogens with one attached hydrogen (secondary N) is 1. The lowest BCUT2D eigenvalue weighted by Gasteiger charge is -2.07. The van der Waals surface area contributed by atoms with Crippen LogP contribution >= 0.6 is 0 Å². The van der Waals surface area contributed by atoms with Crippen molar-refractivity contribution in [3.8, 4) is 5.75 Å². The smallest absolute Gasteiger partial charge is 0.358 e. The fraction of sp³-hybridized carbons (Fsp3) is 0.231. The SMILES string of the molecule is CC(=O)Nc1ccc(OCCn2cc(C(=O)O)nn2)cc1.